The van der Waals surface area contributed by atoms with Gasteiger partial charge in [-0.1, -0.05) is 46.4 Å². The fourth-order valence-corrected chi connectivity index (χ4v) is 3.63. The van der Waals surface area contributed by atoms with E-state index in [1.165, 1.54) is 27.1 Å². The van der Waals surface area contributed by atoms with Crippen molar-refractivity contribution >= 4 is 81.1 Å². The number of aromatic nitrogens is 2. The molecule has 2 aromatic carbocycles. The Balaban J connectivity index is 0.000000754. The minimum Gasteiger partial charge on any atom is -1.00 e. The Bertz CT molecular complexity index is 1470. The van der Waals surface area contributed by atoms with E-state index in [2.05, 4.69) is 9.97 Å². The summed E-state index contributed by atoms with van der Waals surface area (Å²) >= 11 is 23.4. The Labute approximate surface area is 291 Å². The van der Waals surface area contributed by atoms with Gasteiger partial charge < -0.3 is 33.9 Å². The Morgan fingerprint density at radius 3 is 1.40 bits per heavy atom. The van der Waals surface area contributed by atoms with Crippen LogP contribution in [0.2, 0.25) is 20.4 Å². The van der Waals surface area contributed by atoms with Crippen molar-refractivity contribution in [2.45, 2.75) is 6.92 Å². The molecule has 4 aromatic rings. The first-order valence-electron chi connectivity index (χ1n) is 11.1. The van der Waals surface area contributed by atoms with E-state index in [0.29, 0.717) is 33.0 Å². The normalized spacial score (nSPS) is 9.50. The number of benzene rings is 2. The molecule has 2 heterocycles. The van der Waals surface area contributed by atoms with E-state index in [1.54, 1.807) is 66.7 Å². The summed E-state index contributed by atoms with van der Waals surface area (Å²) in [6, 6.07) is 19.9. The van der Waals surface area contributed by atoms with E-state index in [4.69, 9.17) is 60.7 Å². The van der Waals surface area contributed by atoms with E-state index in [-0.39, 0.29) is 75.0 Å². The van der Waals surface area contributed by atoms with Crippen LogP contribution in [0.15, 0.2) is 72.8 Å². The second kappa shape index (κ2) is 19.2. The van der Waals surface area contributed by atoms with Gasteiger partial charge in [0, 0.05) is 29.2 Å². The number of carbonyl (C=O) groups excluding carboxylic acids is 2. The maximum Gasteiger partial charge on any atom is 2.00 e. The summed E-state index contributed by atoms with van der Waals surface area (Å²) in [5.74, 6) is 1.24. The summed E-state index contributed by atoms with van der Waals surface area (Å²) < 4.78 is 11.0. The Morgan fingerprint density at radius 1 is 0.690 bits per heavy atom. The average Bonchev–Trinajstić information content (AvgIpc) is 2.91. The molecule has 0 aliphatic rings. The molecule has 14 heteroatoms. The number of rotatable bonds is 7. The largest absolute Gasteiger partial charge is 2.00 e. The van der Waals surface area contributed by atoms with Crippen LogP contribution in [-0.2, 0) is 4.84 Å². The van der Waals surface area contributed by atoms with Crippen molar-refractivity contribution in [3.63, 3.8) is 0 Å². The molecule has 0 aliphatic carbocycles. The number of Topliss-reactive ketones (excluding diaryl/α,β-unsaturated/α-hetero) is 1. The molecule has 0 radical (unpaired) electrons. The molecule has 1 amide bonds. The maximum atomic E-state index is 11.9. The summed E-state index contributed by atoms with van der Waals surface area (Å²) in [5.41, 5.74) is 0.601. The first-order valence-corrected chi connectivity index (χ1v) is 12.6. The summed E-state index contributed by atoms with van der Waals surface area (Å²) in [5, 5.41) is 2.46. The van der Waals surface area contributed by atoms with E-state index in [0.717, 1.165) is 5.06 Å². The number of carbonyl (C=O) groups is 2. The molecule has 0 fully saturated rings. The number of ketones is 1. The molecule has 4 rings (SSSR count). The third kappa shape index (κ3) is 11.9. The number of hydrogen-bond acceptors (Lipinski definition) is 7. The molecular weight excluding hydrogens is 704 g/mol. The number of hydroxylamine groups is 2. The molecule has 0 aliphatic heterocycles. The molecule has 0 unspecified atom stereocenters. The van der Waals surface area contributed by atoms with Crippen molar-refractivity contribution in [2.24, 2.45) is 0 Å². The van der Waals surface area contributed by atoms with Gasteiger partial charge in [-0.25, -0.2) is 15.0 Å². The van der Waals surface area contributed by atoms with E-state index in [9.17, 15) is 9.59 Å². The molecule has 218 valence electrons. The van der Waals surface area contributed by atoms with Crippen LogP contribution in [0.5, 0.6) is 23.3 Å². The van der Waals surface area contributed by atoms with Gasteiger partial charge in [0.15, 0.2) is 5.78 Å². The monoisotopic (exact) mass is 725 g/mol. The standard InChI is InChI=1S/C14H12Cl2N2O3.C13H9Cl2NO2.CH3.BrH.Mg/c1-18(20-2)14(19)11-7-8-12(17-13(11)16)21-10-5-3-9(15)4-6-10;1-8(17)11-6-7-12(16-13(11)15)18-10-4-2-9(14)3-5-10;;;/h3-8H,1-2H3;2-7H,1H3;1H3;1H;/q;;-1;;+2/p-1. The van der Waals surface area contributed by atoms with Crippen LogP contribution < -0.4 is 26.5 Å². The average molecular weight is 729 g/mol. The van der Waals surface area contributed by atoms with Gasteiger partial charge in [0.1, 0.15) is 21.8 Å². The van der Waals surface area contributed by atoms with Gasteiger partial charge in [-0.05, 0) is 67.6 Å². The van der Waals surface area contributed by atoms with Crippen molar-refractivity contribution in [3.05, 3.63) is 112 Å². The van der Waals surface area contributed by atoms with Crippen LogP contribution in [0.1, 0.15) is 27.6 Å². The first-order chi connectivity index (χ1) is 18.6. The van der Waals surface area contributed by atoms with E-state index in [1.807, 2.05) is 0 Å². The summed E-state index contributed by atoms with van der Waals surface area (Å²) in [7, 11) is 2.87. The SMILES string of the molecule is CC(=O)c1ccc(Oc2ccc(Cl)cc2)nc1Cl.CON(C)C(=O)c1ccc(Oc2ccc(Cl)cc2)nc1Cl.[Br-].[CH3-].[Mg+2]. The Morgan fingerprint density at radius 2 is 1.07 bits per heavy atom. The molecule has 8 nitrogen and oxygen atoms in total. The van der Waals surface area contributed by atoms with Crippen molar-refractivity contribution in [3.8, 4) is 23.3 Å². The molecule has 0 saturated carbocycles. The zero-order valence-corrected chi connectivity index (χ0v) is 28.9. The smallest absolute Gasteiger partial charge is 1.00 e. The van der Waals surface area contributed by atoms with Gasteiger partial charge in [-0.15, -0.1) is 0 Å². The minimum absolute atomic E-state index is 0. The quantitative estimate of drug-likeness (QED) is 0.0843. The Hall–Kier alpha value is -2.15. The Kier molecular flexibility index (Phi) is 18.2. The summed E-state index contributed by atoms with van der Waals surface area (Å²) in [4.78, 5) is 36.0. The molecule has 0 N–H and O–H groups in total. The zero-order chi connectivity index (χ0) is 28.5. The molecule has 0 saturated heterocycles. The van der Waals surface area contributed by atoms with E-state index >= 15 is 0 Å². The zero-order valence-electron chi connectivity index (χ0n) is 22.9. The van der Waals surface area contributed by atoms with Gasteiger partial charge in [0.25, 0.3) is 5.91 Å². The molecule has 42 heavy (non-hydrogen) atoms. The fraction of sp³-hybridized carbons (Fsp3) is 0.107. The van der Waals surface area contributed by atoms with Crippen molar-refractivity contribution in [1.82, 2.24) is 15.0 Å². The van der Waals surface area contributed by atoms with Gasteiger partial charge >= 0.3 is 23.1 Å². The van der Waals surface area contributed by atoms with Crippen molar-refractivity contribution in [1.29, 1.82) is 0 Å². The van der Waals surface area contributed by atoms with Crippen molar-refractivity contribution < 1.29 is 40.9 Å². The topological polar surface area (TPSA) is 90.9 Å². The molecular formula is C28H24BrCl4MgN3O5. The number of hydrogen-bond donors (Lipinski definition) is 0. The van der Waals surface area contributed by atoms with Crippen LogP contribution in [0.4, 0.5) is 0 Å². The molecule has 0 bridgehead atoms. The van der Waals surface area contributed by atoms with E-state index < -0.39 is 5.91 Å². The second-order valence-corrected chi connectivity index (χ2v) is 9.22. The number of halogens is 5. The van der Waals surface area contributed by atoms with Crippen LogP contribution in [0.25, 0.3) is 0 Å². The summed E-state index contributed by atoms with van der Waals surface area (Å²) in [6.07, 6.45) is 0. The van der Waals surface area contributed by atoms with Gasteiger partial charge in [0.2, 0.25) is 11.8 Å². The van der Waals surface area contributed by atoms with Crippen LogP contribution in [0, 0.1) is 7.43 Å². The maximum absolute atomic E-state index is 11.9. The predicted molar refractivity (Wildman–Crippen MR) is 163 cm³/mol. The van der Waals surface area contributed by atoms with Gasteiger partial charge in [0.05, 0.1) is 18.2 Å². The number of ether oxygens (including phenoxy) is 2. The predicted octanol–water partition coefficient (Wildman–Crippen LogP) is 5.27. The van der Waals surface area contributed by atoms with Crippen LogP contribution in [0.3, 0.4) is 0 Å². The third-order valence-electron chi connectivity index (χ3n) is 4.89. The van der Waals surface area contributed by atoms with Crippen LogP contribution in [-0.4, -0.2) is 63.9 Å². The minimum atomic E-state index is -0.395. The van der Waals surface area contributed by atoms with Gasteiger partial charge in [-0.2, -0.15) is 0 Å². The van der Waals surface area contributed by atoms with Gasteiger partial charge in [-0.3, -0.25) is 14.4 Å². The third-order valence-corrected chi connectivity index (χ3v) is 5.97. The first kappa shape index (κ1) is 39.8. The molecule has 0 atom stereocenters. The van der Waals surface area contributed by atoms with Crippen molar-refractivity contribution in [2.75, 3.05) is 14.2 Å². The second-order valence-electron chi connectivity index (χ2n) is 7.63. The fourth-order valence-electron chi connectivity index (χ4n) is 2.87. The molecule has 2 aromatic heterocycles. The molecule has 0 spiro atoms. The number of nitrogens with zero attached hydrogens (tertiary/aromatic N) is 3. The number of amides is 1. The van der Waals surface area contributed by atoms with Crippen LogP contribution >= 0.6 is 46.4 Å². The summed E-state index contributed by atoms with van der Waals surface area (Å²) in [6.45, 7) is 1.43. The number of pyridine rings is 2.